The predicted octanol–water partition coefficient (Wildman–Crippen LogP) is 2.10. The van der Waals surface area contributed by atoms with Crippen LogP contribution in [0, 0.1) is 10.1 Å². The van der Waals surface area contributed by atoms with Crippen LogP contribution in [-0.4, -0.2) is 16.9 Å². The Kier molecular flexibility index (Phi) is 4.65. The summed E-state index contributed by atoms with van der Waals surface area (Å²) >= 11 is 0. The van der Waals surface area contributed by atoms with Crippen molar-refractivity contribution in [3.63, 3.8) is 0 Å². The number of nitro groups is 1. The lowest BCUT2D eigenvalue weighted by Gasteiger charge is -2.12. The summed E-state index contributed by atoms with van der Waals surface area (Å²) in [7, 11) is 0. The first-order valence-corrected chi connectivity index (χ1v) is 5.80. The summed E-state index contributed by atoms with van der Waals surface area (Å²) in [6.07, 6.45) is 1.86. The van der Waals surface area contributed by atoms with E-state index in [0.29, 0.717) is 5.56 Å². The van der Waals surface area contributed by atoms with Crippen molar-refractivity contribution >= 4 is 17.3 Å². The van der Waals surface area contributed by atoms with Crippen LogP contribution in [0.4, 0.5) is 11.4 Å². The Balaban J connectivity index is 2.81. The summed E-state index contributed by atoms with van der Waals surface area (Å²) in [6, 6.07) is 4.04. The molecular weight excluding hydrogens is 234 g/mol. The molecule has 1 amide bonds. The highest BCUT2D eigenvalue weighted by atomic mass is 16.6. The highest BCUT2D eigenvalue weighted by Gasteiger charge is 2.15. The number of nitro benzene ring substituents is 1. The lowest BCUT2D eigenvalue weighted by atomic mass is 10.1. The van der Waals surface area contributed by atoms with Crippen molar-refractivity contribution in [1.29, 1.82) is 0 Å². The second kappa shape index (κ2) is 6.00. The summed E-state index contributed by atoms with van der Waals surface area (Å²) in [5, 5.41) is 13.4. The second-order valence-electron chi connectivity index (χ2n) is 4.19. The van der Waals surface area contributed by atoms with Crippen LogP contribution in [0.5, 0.6) is 0 Å². The number of nitrogens with one attached hydrogen (secondary N) is 1. The van der Waals surface area contributed by atoms with E-state index in [-0.39, 0.29) is 23.3 Å². The molecule has 0 heterocycles. The molecule has 98 valence electrons. The van der Waals surface area contributed by atoms with Crippen LogP contribution < -0.4 is 11.1 Å². The first-order valence-electron chi connectivity index (χ1n) is 5.80. The van der Waals surface area contributed by atoms with Crippen LogP contribution in [0.25, 0.3) is 0 Å². The van der Waals surface area contributed by atoms with Crippen LogP contribution in [0.1, 0.15) is 37.0 Å². The van der Waals surface area contributed by atoms with Gasteiger partial charge in [0, 0.05) is 17.7 Å². The minimum absolute atomic E-state index is 0.00389. The van der Waals surface area contributed by atoms with Crippen LogP contribution >= 0.6 is 0 Å². The Morgan fingerprint density at radius 3 is 2.72 bits per heavy atom. The number of nitrogens with two attached hydrogens (primary N) is 1. The van der Waals surface area contributed by atoms with Gasteiger partial charge in [0.15, 0.2) is 0 Å². The summed E-state index contributed by atoms with van der Waals surface area (Å²) in [5.41, 5.74) is 5.67. The third-order valence-corrected chi connectivity index (χ3v) is 2.59. The molecule has 3 N–H and O–H groups in total. The number of amides is 1. The Labute approximate surface area is 105 Å². The van der Waals surface area contributed by atoms with E-state index in [9.17, 15) is 14.9 Å². The van der Waals surface area contributed by atoms with Gasteiger partial charge in [-0.2, -0.15) is 0 Å². The van der Waals surface area contributed by atoms with Gasteiger partial charge in [-0.3, -0.25) is 14.9 Å². The van der Waals surface area contributed by atoms with E-state index in [1.807, 2.05) is 13.8 Å². The summed E-state index contributed by atoms with van der Waals surface area (Å²) in [5.74, 6) is -0.266. The molecule has 1 aromatic rings. The van der Waals surface area contributed by atoms with E-state index in [1.54, 1.807) is 0 Å². The molecule has 1 aromatic carbocycles. The van der Waals surface area contributed by atoms with E-state index in [2.05, 4.69) is 5.32 Å². The fraction of sp³-hybridized carbons (Fsp3) is 0.417. The van der Waals surface area contributed by atoms with Gasteiger partial charge in [-0.25, -0.2) is 0 Å². The molecule has 0 bridgehead atoms. The minimum Gasteiger partial charge on any atom is -0.393 e. The zero-order valence-corrected chi connectivity index (χ0v) is 10.5. The Morgan fingerprint density at radius 1 is 1.56 bits per heavy atom. The second-order valence-corrected chi connectivity index (χ2v) is 4.19. The third-order valence-electron chi connectivity index (χ3n) is 2.59. The fourth-order valence-corrected chi connectivity index (χ4v) is 1.67. The van der Waals surface area contributed by atoms with Crippen LogP contribution in [-0.2, 0) is 0 Å². The minimum atomic E-state index is -0.573. The van der Waals surface area contributed by atoms with E-state index >= 15 is 0 Å². The van der Waals surface area contributed by atoms with Crippen molar-refractivity contribution in [3.8, 4) is 0 Å². The Bertz CT molecular complexity index is 460. The number of nitrogen functional groups attached to an aromatic ring is 1. The van der Waals surface area contributed by atoms with Crippen molar-refractivity contribution in [2.24, 2.45) is 0 Å². The molecule has 0 aliphatic heterocycles. The van der Waals surface area contributed by atoms with E-state index in [4.69, 9.17) is 5.73 Å². The van der Waals surface area contributed by atoms with Gasteiger partial charge in [0.05, 0.1) is 4.92 Å². The van der Waals surface area contributed by atoms with Gasteiger partial charge < -0.3 is 11.1 Å². The van der Waals surface area contributed by atoms with Crippen molar-refractivity contribution in [1.82, 2.24) is 5.32 Å². The van der Waals surface area contributed by atoms with Gasteiger partial charge in [-0.05, 0) is 25.5 Å². The highest BCUT2D eigenvalue weighted by Crippen LogP contribution is 2.22. The normalized spacial score (nSPS) is 11.9. The van der Waals surface area contributed by atoms with Crippen molar-refractivity contribution in [2.75, 3.05) is 5.73 Å². The lowest BCUT2D eigenvalue weighted by molar-refractivity contribution is -0.383. The lowest BCUT2D eigenvalue weighted by Crippen LogP contribution is -2.32. The molecule has 6 heteroatoms. The topological polar surface area (TPSA) is 98.3 Å². The van der Waals surface area contributed by atoms with Gasteiger partial charge in [-0.1, -0.05) is 13.3 Å². The molecule has 6 nitrogen and oxygen atoms in total. The molecule has 0 saturated heterocycles. The standard InChI is InChI=1S/C12H17N3O3/c1-3-4-8(2)14-12(16)9-5-6-11(15(17)18)10(13)7-9/h5-8H,3-4,13H2,1-2H3,(H,14,16). The zero-order valence-electron chi connectivity index (χ0n) is 10.5. The monoisotopic (exact) mass is 251 g/mol. The zero-order chi connectivity index (χ0) is 13.7. The van der Waals surface area contributed by atoms with Gasteiger partial charge in [0.25, 0.3) is 11.6 Å². The summed E-state index contributed by atoms with van der Waals surface area (Å²) in [6.45, 7) is 3.95. The first kappa shape index (κ1) is 14.0. The number of carbonyl (C=O) groups excluding carboxylic acids is 1. The molecule has 0 spiro atoms. The Morgan fingerprint density at radius 2 is 2.22 bits per heavy atom. The number of anilines is 1. The molecule has 0 fully saturated rings. The quantitative estimate of drug-likeness (QED) is 0.475. The molecule has 0 aromatic heterocycles. The van der Waals surface area contributed by atoms with Crippen molar-refractivity contribution < 1.29 is 9.72 Å². The average Bonchev–Trinajstić information content (AvgIpc) is 2.28. The number of hydrogen-bond acceptors (Lipinski definition) is 4. The molecule has 0 aliphatic carbocycles. The van der Waals surface area contributed by atoms with Gasteiger partial charge >= 0.3 is 0 Å². The molecule has 18 heavy (non-hydrogen) atoms. The molecule has 1 rings (SSSR count). The maximum atomic E-state index is 11.8. The van der Waals surface area contributed by atoms with Crippen LogP contribution in [0.2, 0.25) is 0 Å². The first-order chi connectivity index (χ1) is 8.45. The Hall–Kier alpha value is -2.11. The predicted molar refractivity (Wildman–Crippen MR) is 69.3 cm³/mol. The molecule has 0 radical (unpaired) electrons. The smallest absolute Gasteiger partial charge is 0.292 e. The number of carbonyl (C=O) groups is 1. The number of benzene rings is 1. The van der Waals surface area contributed by atoms with E-state index in [1.165, 1.54) is 18.2 Å². The highest BCUT2D eigenvalue weighted by molar-refractivity contribution is 5.95. The molecule has 0 saturated carbocycles. The van der Waals surface area contributed by atoms with E-state index < -0.39 is 4.92 Å². The van der Waals surface area contributed by atoms with Crippen molar-refractivity contribution in [2.45, 2.75) is 32.7 Å². The van der Waals surface area contributed by atoms with Crippen molar-refractivity contribution in [3.05, 3.63) is 33.9 Å². The number of rotatable bonds is 5. The van der Waals surface area contributed by atoms with Gasteiger partial charge in [0.2, 0.25) is 0 Å². The third kappa shape index (κ3) is 3.44. The molecule has 1 unspecified atom stereocenters. The van der Waals surface area contributed by atoms with Crippen LogP contribution in [0.15, 0.2) is 18.2 Å². The van der Waals surface area contributed by atoms with Gasteiger partial charge in [0.1, 0.15) is 5.69 Å². The number of hydrogen-bond donors (Lipinski definition) is 2. The number of nitrogens with zero attached hydrogens (tertiary/aromatic N) is 1. The average molecular weight is 251 g/mol. The summed E-state index contributed by atoms with van der Waals surface area (Å²) in [4.78, 5) is 21.8. The van der Waals surface area contributed by atoms with E-state index in [0.717, 1.165) is 12.8 Å². The molecule has 0 aliphatic rings. The van der Waals surface area contributed by atoms with Gasteiger partial charge in [-0.15, -0.1) is 0 Å². The summed E-state index contributed by atoms with van der Waals surface area (Å²) < 4.78 is 0. The fourth-order valence-electron chi connectivity index (χ4n) is 1.67. The van der Waals surface area contributed by atoms with Crippen LogP contribution in [0.3, 0.4) is 0 Å². The largest absolute Gasteiger partial charge is 0.393 e. The molecular formula is C12H17N3O3. The SMILES string of the molecule is CCCC(C)NC(=O)c1ccc([N+](=O)[O-])c(N)c1. The maximum Gasteiger partial charge on any atom is 0.292 e. The maximum absolute atomic E-state index is 11.8. The molecule has 1 atom stereocenters.